The van der Waals surface area contributed by atoms with Crippen molar-refractivity contribution in [1.29, 1.82) is 0 Å². The van der Waals surface area contributed by atoms with Gasteiger partial charge in [-0.3, -0.25) is 14.2 Å². The van der Waals surface area contributed by atoms with Crippen molar-refractivity contribution in [2.45, 2.75) is 18.1 Å². The third-order valence-corrected chi connectivity index (χ3v) is 5.14. The van der Waals surface area contributed by atoms with E-state index in [0.717, 1.165) is 0 Å². The molecule has 0 saturated heterocycles. The molecule has 1 amide bonds. The SMILES string of the molecule is COC[C@H](C)NC(=O)CSc1nc2ccccc2c(=O)n1-c1cccc(Cl)c1. The van der Waals surface area contributed by atoms with Gasteiger partial charge in [-0.2, -0.15) is 0 Å². The van der Waals surface area contributed by atoms with Gasteiger partial charge in [-0.05, 0) is 37.3 Å². The number of carbonyl (C=O) groups is 1. The smallest absolute Gasteiger partial charge is 0.266 e. The van der Waals surface area contributed by atoms with Crippen LogP contribution in [0.3, 0.4) is 0 Å². The highest BCUT2D eigenvalue weighted by molar-refractivity contribution is 7.99. The highest BCUT2D eigenvalue weighted by Crippen LogP contribution is 2.22. The maximum atomic E-state index is 13.1. The van der Waals surface area contributed by atoms with Crippen LogP contribution in [0, 0.1) is 0 Å². The van der Waals surface area contributed by atoms with Crippen LogP contribution >= 0.6 is 23.4 Å². The molecule has 146 valence electrons. The normalized spacial score (nSPS) is 12.1. The van der Waals surface area contributed by atoms with Crippen LogP contribution in [0.2, 0.25) is 5.02 Å². The number of thioether (sulfide) groups is 1. The lowest BCUT2D eigenvalue weighted by molar-refractivity contribution is -0.119. The van der Waals surface area contributed by atoms with Crippen molar-refractivity contribution >= 4 is 40.2 Å². The molecule has 0 aliphatic heterocycles. The van der Waals surface area contributed by atoms with E-state index in [9.17, 15) is 9.59 Å². The van der Waals surface area contributed by atoms with Crippen molar-refractivity contribution < 1.29 is 9.53 Å². The zero-order valence-corrected chi connectivity index (χ0v) is 17.1. The second-order valence-electron chi connectivity index (χ2n) is 6.24. The molecule has 1 N–H and O–H groups in total. The summed E-state index contributed by atoms with van der Waals surface area (Å²) in [4.78, 5) is 30.0. The van der Waals surface area contributed by atoms with Gasteiger partial charge in [0.15, 0.2) is 5.16 Å². The third-order valence-electron chi connectivity index (χ3n) is 3.97. The number of para-hydroxylation sites is 1. The summed E-state index contributed by atoms with van der Waals surface area (Å²) in [6.45, 7) is 2.29. The average molecular weight is 418 g/mol. The van der Waals surface area contributed by atoms with E-state index in [-0.39, 0.29) is 23.3 Å². The molecule has 1 atom stereocenters. The van der Waals surface area contributed by atoms with Crippen LogP contribution in [0.1, 0.15) is 6.92 Å². The number of nitrogens with one attached hydrogen (secondary N) is 1. The molecule has 0 radical (unpaired) electrons. The highest BCUT2D eigenvalue weighted by atomic mass is 35.5. The predicted molar refractivity (Wildman–Crippen MR) is 113 cm³/mol. The van der Waals surface area contributed by atoms with Crippen LogP contribution in [0.15, 0.2) is 58.5 Å². The van der Waals surface area contributed by atoms with Gasteiger partial charge in [-0.15, -0.1) is 0 Å². The first-order valence-electron chi connectivity index (χ1n) is 8.68. The zero-order valence-electron chi connectivity index (χ0n) is 15.5. The van der Waals surface area contributed by atoms with Crippen molar-refractivity contribution in [3.63, 3.8) is 0 Å². The summed E-state index contributed by atoms with van der Waals surface area (Å²) in [6, 6.07) is 14.0. The standard InChI is InChI=1S/C20H20ClN3O3S/c1-13(11-27-2)22-18(25)12-28-20-23-17-9-4-3-8-16(17)19(26)24(20)15-7-5-6-14(21)10-15/h3-10,13H,11-12H2,1-2H3,(H,22,25)/t13-/m0/s1. The quantitative estimate of drug-likeness (QED) is 0.471. The monoisotopic (exact) mass is 417 g/mol. The third kappa shape index (κ3) is 4.73. The number of aromatic nitrogens is 2. The van der Waals surface area contributed by atoms with E-state index in [1.54, 1.807) is 49.6 Å². The second kappa shape index (κ2) is 9.23. The van der Waals surface area contributed by atoms with Crippen molar-refractivity contribution in [3.05, 3.63) is 63.9 Å². The maximum Gasteiger partial charge on any atom is 0.266 e. The minimum absolute atomic E-state index is 0.0993. The number of ether oxygens (including phenoxy) is 1. The van der Waals surface area contributed by atoms with Crippen LogP contribution in [0.25, 0.3) is 16.6 Å². The van der Waals surface area contributed by atoms with E-state index < -0.39 is 0 Å². The topological polar surface area (TPSA) is 73.2 Å². The molecule has 0 aliphatic rings. The molecule has 6 nitrogen and oxygen atoms in total. The Morgan fingerprint density at radius 1 is 1.29 bits per heavy atom. The number of carbonyl (C=O) groups excluding carboxylic acids is 1. The van der Waals surface area contributed by atoms with Gasteiger partial charge in [0.25, 0.3) is 5.56 Å². The molecule has 2 aromatic carbocycles. The minimum Gasteiger partial charge on any atom is -0.383 e. The van der Waals surface area contributed by atoms with Gasteiger partial charge in [-0.25, -0.2) is 4.98 Å². The number of methoxy groups -OCH3 is 1. The number of rotatable bonds is 7. The fourth-order valence-electron chi connectivity index (χ4n) is 2.79. The van der Waals surface area contributed by atoms with Crippen LogP contribution in [-0.2, 0) is 9.53 Å². The lowest BCUT2D eigenvalue weighted by Crippen LogP contribution is -2.36. The molecule has 3 aromatic rings. The maximum absolute atomic E-state index is 13.1. The van der Waals surface area contributed by atoms with Gasteiger partial charge in [0, 0.05) is 18.2 Å². The predicted octanol–water partition coefficient (Wildman–Crippen LogP) is 3.28. The Morgan fingerprint density at radius 3 is 2.82 bits per heavy atom. The van der Waals surface area contributed by atoms with Crippen molar-refractivity contribution in [2.75, 3.05) is 19.5 Å². The van der Waals surface area contributed by atoms with Crippen LogP contribution in [-0.4, -0.2) is 41.0 Å². The Morgan fingerprint density at radius 2 is 2.07 bits per heavy atom. The Balaban J connectivity index is 1.97. The number of amides is 1. The molecule has 28 heavy (non-hydrogen) atoms. The van der Waals surface area contributed by atoms with Gasteiger partial charge >= 0.3 is 0 Å². The number of benzene rings is 2. The Labute approximate surface area is 171 Å². The second-order valence-corrected chi connectivity index (χ2v) is 7.62. The zero-order chi connectivity index (χ0) is 20.1. The van der Waals surface area contributed by atoms with E-state index in [2.05, 4.69) is 10.3 Å². The summed E-state index contributed by atoms with van der Waals surface area (Å²) in [5, 5.41) is 4.30. The van der Waals surface area contributed by atoms with Crippen LogP contribution in [0.5, 0.6) is 0 Å². The molecule has 1 heterocycles. The van der Waals surface area contributed by atoms with E-state index in [1.807, 2.05) is 13.0 Å². The average Bonchev–Trinajstić information content (AvgIpc) is 2.66. The first-order chi connectivity index (χ1) is 13.5. The largest absolute Gasteiger partial charge is 0.383 e. The summed E-state index contributed by atoms with van der Waals surface area (Å²) >= 11 is 7.31. The first-order valence-corrected chi connectivity index (χ1v) is 10.0. The molecule has 0 spiro atoms. The molecule has 3 rings (SSSR count). The number of fused-ring (bicyclic) bond motifs is 1. The number of nitrogens with zero attached hydrogens (tertiary/aromatic N) is 2. The molecule has 0 aliphatic carbocycles. The molecule has 0 unspecified atom stereocenters. The first kappa shape index (κ1) is 20.4. The summed E-state index contributed by atoms with van der Waals surface area (Å²) in [6.07, 6.45) is 0. The highest BCUT2D eigenvalue weighted by Gasteiger charge is 2.15. The molecule has 0 bridgehead atoms. The van der Waals surface area contributed by atoms with Crippen LogP contribution in [0.4, 0.5) is 0 Å². The number of hydrogen-bond donors (Lipinski definition) is 1. The van der Waals surface area contributed by atoms with Crippen molar-refractivity contribution in [2.24, 2.45) is 0 Å². The van der Waals surface area contributed by atoms with Gasteiger partial charge in [-0.1, -0.05) is 41.6 Å². The van der Waals surface area contributed by atoms with E-state index >= 15 is 0 Å². The van der Waals surface area contributed by atoms with Gasteiger partial charge in [0.05, 0.1) is 29.0 Å². The Hall–Kier alpha value is -2.35. The summed E-state index contributed by atoms with van der Waals surface area (Å²) in [5.41, 5.74) is 0.983. The number of hydrogen-bond acceptors (Lipinski definition) is 5. The lowest BCUT2D eigenvalue weighted by atomic mass is 10.2. The van der Waals surface area contributed by atoms with Crippen LogP contribution < -0.4 is 10.9 Å². The summed E-state index contributed by atoms with van der Waals surface area (Å²) in [7, 11) is 1.58. The summed E-state index contributed by atoms with van der Waals surface area (Å²) < 4.78 is 6.52. The molecule has 8 heteroatoms. The van der Waals surface area contributed by atoms with Gasteiger partial charge in [0.1, 0.15) is 0 Å². The van der Waals surface area contributed by atoms with Crippen molar-refractivity contribution in [1.82, 2.24) is 14.9 Å². The minimum atomic E-state index is -0.205. The fraction of sp³-hybridized carbons (Fsp3) is 0.250. The molecule has 1 aromatic heterocycles. The lowest BCUT2D eigenvalue weighted by Gasteiger charge is -2.15. The van der Waals surface area contributed by atoms with E-state index in [0.29, 0.717) is 33.4 Å². The van der Waals surface area contributed by atoms with Gasteiger partial charge in [0.2, 0.25) is 5.91 Å². The molecular weight excluding hydrogens is 398 g/mol. The fourth-order valence-corrected chi connectivity index (χ4v) is 3.80. The molecule has 0 saturated carbocycles. The van der Waals surface area contributed by atoms with E-state index in [4.69, 9.17) is 16.3 Å². The van der Waals surface area contributed by atoms with Gasteiger partial charge < -0.3 is 10.1 Å². The Kier molecular flexibility index (Phi) is 6.72. The molecule has 0 fully saturated rings. The Bertz CT molecular complexity index is 1050. The van der Waals surface area contributed by atoms with Crippen molar-refractivity contribution in [3.8, 4) is 5.69 Å². The number of halogens is 1. The summed E-state index contributed by atoms with van der Waals surface area (Å²) in [5.74, 6) is -0.0334. The molecular formula is C20H20ClN3O3S. The van der Waals surface area contributed by atoms with E-state index in [1.165, 1.54) is 16.3 Å².